The predicted molar refractivity (Wildman–Crippen MR) is 105 cm³/mol. The van der Waals surface area contributed by atoms with Gasteiger partial charge in [-0.05, 0) is 49.2 Å². The van der Waals surface area contributed by atoms with Gasteiger partial charge in [0.05, 0.1) is 24.3 Å². The van der Waals surface area contributed by atoms with Crippen molar-refractivity contribution in [2.24, 2.45) is 0 Å². The standard InChI is InChI=1S/C22H20N2O4/c1-3-15-6-9-19-17(13-27-20(19)10-15)11-21(25)28-14(2)22(26)24-18-7-4-16(12-23)5-8-18/h4-10,13-14H,3,11H2,1-2H3,(H,24,26)/t14-/m1/s1. The average molecular weight is 376 g/mol. The molecule has 0 saturated heterocycles. The Morgan fingerprint density at radius 2 is 1.96 bits per heavy atom. The number of esters is 1. The van der Waals surface area contributed by atoms with Crippen LogP contribution in [0.25, 0.3) is 11.0 Å². The summed E-state index contributed by atoms with van der Waals surface area (Å²) >= 11 is 0. The Labute approximate surface area is 162 Å². The summed E-state index contributed by atoms with van der Waals surface area (Å²) in [5.41, 5.74) is 3.63. The molecule has 0 unspecified atom stereocenters. The molecule has 3 rings (SSSR count). The lowest BCUT2D eigenvalue weighted by atomic mass is 10.1. The molecule has 0 bridgehead atoms. The molecule has 0 aliphatic carbocycles. The largest absolute Gasteiger partial charge is 0.464 e. The van der Waals surface area contributed by atoms with Crippen molar-refractivity contribution in [3.8, 4) is 6.07 Å². The summed E-state index contributed by atoms with van der Waals surface area (Å²) in [6, 6.07) is 14.3. The third-order valence-corrected chi connectivity index (χ3v) is 4.42. The van der Waals surface area contributed by atoms with Gasteiger partial charge in [-0.15, -0.1) is 0 Å². The van der Waals surface area contributed by atoms with Crippen LogP contribution in [0, 0.1) is 11.3 Å². The first-order valence-electron chi connectivity index (χ1n) is 8.99. The summed E-state index contributed by atoms with van der Waals surface area (Å²) in [5.74, 6) is -0.951. The number of fused-ring (bicyclic) bond motifs is 1. The first-order valence-corrected chi connectivity index (χ1v) is 8.99. The third kappa shape index (κ3) is 4.38. The van der Waals surface area contributed by atoms with Gasteiger partial charge in [0.1, 0.15) is 5.58 Å². The fraction of sp³-hybridized carbons (Fsp3) is 0.227. The van der Waals surface area contributed by atoms with Gasteiger partial charge in [-0.2, -0.15) is 5.26 Å². The molecule has 0 spiro atoms. The summed E-state index contributed by atoms with van der Waals surface area (Å²) < 4.78 is 10.8. The van der Waals surface area contributed by atoms with Crippen molar-refractivity contribution in [1.82, 2.24) is 0 Å². The molecule has 1 N–H and O–H groups in total. The van der Waals surface area contributed by atoms with E-state index in [9.17, 15) is 9.59 Å². The zero-order chi connectivity index (χ0) is 20.1. The minimum atomic E-state index is -0.951. The molecule has 0 fully saturated rings. The van der Waals surface area contributed by atoms with Gasteiger partial charge in [-0.3, -0.25) is 9.59 Å². The zero-order valence-corrected chi connectivity index (χ0v) is 15.7. The van der Waals surface area contributed by atoms with E-state index < -0.39 is 18.0 Å². The number of benzene rings is 2. The van der Waals surface area contributed by atoms with Crippen LogP contribution in [-0.4, -0.2) is 18.0 Å². The number of furan rings is 1. The van der Waals surface area contributed by atoms with E-state index >= 15 is 0 Å². The van der Waals surface area contributed by atoms with Crippen molar-refractivity contribution < 1.29 is 18.7 Å². The molecule has 3 aromatic rings. The van der Waals surface area contributed by atoms with E-state index in [0.29, 0.717) is 11.3 Å². The van der Waals surface area contributed by atoms with Crippen LogP contribution in [-0.2, 0) is 27.2 Å². The topological polar surface area (TPSA) is 92.3 Å². The van der Waals surface area contributed by atoms with Gasteiger partial charge >= 0.3 is 5.97 Å². The maximum atomic E-state index is 12.2. The summed E-state index contributed by atoms with van der Waals surface area (Å²) in [6.45, 7) is 3.57. The molecule has 142 valence electrons. The quantitative estimate of drug-likeness (QED) is 0.657. The molecule has 28 heavy (non-hydrogen) atoms. The SMILES string of the molecule is CCc1ccc2c(CC(=O)O[C@H](C)C(=O)Nc3ccc(C#N)cc3)coc2c1. The van der Waals surface area contributed by atoms with Crippen LogP contribution in [0.1, 0.15) is 30.5 Å². The number of aryl methyl sites for hydroxylation is 1. The van der Waals surface area contributed by atoms with Crippen molar-refractivity contribution in [3.05, 3.63) is 65.4 Å². The van der Waals surface area contributed by atoms with Crippen molar-refractivity contribution in [3.63, 3.8) is 0 Å². The molecular formula is C22H20N2O4. The van der Waals surface area contributed by atoms with Crippen LogP contribution < -0.4 is 5.32 Å². The molecular weight excluding hydrogens is 356 g/mol. The third-order valence-electron chi connectivity index (χ3n) is 4.42. The highest BCUT2D eigenvalue weighted by Gasteiger charge is 2.19. The summed E-state index contributed by atoms with van der Waals surface area (Å²) in [4.78, 5) is 24.5. The van der Waals surface area contributed by atoms with Crippen LogP contribution in [0.2, 0.25) is 0 Å². The summed E-state index contributed by atoms with van der Waals surface area (Å²) in [7, 11) is 0. The van der Waals surface area contributed by atoms with Gasteiger partial charge in [0.15, 0.2) is 6.10 Å². The van der Waals surface area contributed by atoms with Gasteiger partial charge in [-0.1, -0.05) is 19.1 Å². The minimum absolute atomic E-state index is 0.0208. The lowest BCUT2D eigenvalue weighted by Crippen LogP contribution is -2.30. The van der Waals surface area contributed by atoms with Crippen molar-refractivity contribution in [2.75, 3.05) is 5.32 Å². The van der Waals surface area contributed by atoms with E-state index in [-0.39, 0.29) is 6.42 Å². The number of carbonyl (C=O) groups excluding carboxylic acids is 2. The van der Waals surface area contributed by atoms with E-state index in [0.717, 1.165) is 28.5 Å². The van der Waals surface area contributed by atoms with Gasteiger partial charge in [0, 0.05) is 16.6 Å². The van der Waals surface area contributed by atoms with Gasteiger partial charge in [0.25, 0.3) is 5.91 Å². The van der Waals surface area contributed by atoms with E-state index in [1.54, 1.807) is 30.5 Å². The fourth-order valence-corrected chi connectivity index (χ4v) is 2.80. The molecule has 6 heteroatoms. The Hall–Kier alpha value is -3.59. The number of carbonyl (C=O) groups is 2. The molecule has 1 heterocycles. The van der Waals surface area contributed by atoms with Crippen LogP contribution in [0.4, 0.5) is 5.69 Å². The number of nitriles is 1. The highest BCUT2D eigenvalue weighted by atomic mass is 16.5. The molecule has 0 aliphatic rings. The summed E-state index contributed by atoms with van der Waals surface area (Å²) in [5, 5.41) is 12.3. The van der Waals surface area contributed by atoms with Crippen LogP contribution in [0.3, 0.4) is 0 Å². The maximum Gasteiger partial charge on any atom is 0.311 e. The molecule has 0 saturated carbocycles. The van der Waals surface area contributed by atoms with Gasteiger partial charge in [0.2, 0.25) is 0 Å². The Morgan fingerprint density at radius 3 is 2.64 bits per heavy atom. The molecule has 1 aromatic heterocycles. The number of anilines is 1. The number of ether oxygens (including phenoxy) is 1. The first-order chi connectivity index (χ1) is 13.5. The second kappa shape index (κ2) is 8.40. The van der Waals surface area contributed by atoms with Crippen LogP contribution in [0.15, 0.2) is 53.1 Å². The number of hydrogen-bond donors (Lipinski definition) is 1. The van der Waals surface area contributed by atoms with Crippen molar-refractivity contribution >= 4 is 28.5 Å². The normalized spacial score (nSPS) is 11.6. The lowest BCUT2D eigenvalue weighted by Gasteiger charge is -2.13. The van der Waals surface area contributed by atoms with Crippen molar-refractivity contribution in [1.29, 1.82) is 5.26 Å². The molecule has 0 aliphatic heterocycles. The number of rotatable bonds is 6. The Bertz CT molecular complexity index is 1040. The number of hydrogen-bond acceptors (Lipinski definition) is 5. The monoisotopic (exact) mass is 376 g/mol. The molecule has 6 nitrogen and oxygen atoms in total. The Kier molecular flexibility index (Phi) is 5.75. The molecule has 0 radical (unpaired) electrons. The number of amides is 1. The van der Waals surface area contributed by atoms with E-state index in [4.69, 9.17) is 14.4 Å². The fourth-order valence-electron chi connectivity index (χ4n) is 2.80. The minimum Gasteiger partial charge on any atom is -0.464 e. The molecule has 1 amide bonds. The predicted octanol–water partition coefficient (Wildman–Crippen LogP) is 3.98. The van der Waals surface area contributed by atoms with Gasteiger partial charge < -0.3 is 14.5 Å². The Morgan fingerprint density at radius 1 is 1.21 bits per heavy atom. The highest BCUT2D eigenvalue weighted by molar-refractivity contribution is 5.95. The maximum absolute atomic E-state index is 12.2. The van der Waals surface area contributed by atoms with Crippen molar-refractivity contribution in [2.45, 2.75) is 32.8 Å². The highest BCUT2D eigenvalue weighted by Crippen LogP contribution is 2.23. The molecule has 1 atom stereocenters. The average Bonchev–Trinajstić information content (AvgIpc) is 3.10. The smallest absolute Gasteiger partial charge is 0.311 e. The van der Waals surface area contributed by atoms with E-state index in [1.807, 2.05) is 24.3 Å². The van der Waals surface area contributed by atoms with Crippen LogP contribution in [0.5, 0.6) is 0 Å². The van der Waals surface area contributed by atoms with Gasteiger partial charge in [-0.25, -0.2) is 0 Å². The zero-order valence-electron chi connectivity index (χ0n) is 15.7. The second-order valence-electron chi connectivity index (χ2n) is 6.43. The summed E-state index contributed by atoms with van der Waals surface area (Å²) in [6.07, 6.45) is 1.52. The van der Waals surface area contributed by atoms with E-state index in [1.165, 1.54) is 6.92 Å². The first kappa shape index (κ1) is 19.2. The second-order valence-corrected chi connectivity index (χ2v) is 6.43. The van der Waals surface area contributed by atoms with E-state index in [2.05, 4.69) is 12.2 Å². The lowest BCUT2D eigenvalue weighted by molar-refractivity contribution is -0.152. The Balaban J connectivity index is 1.59. The van der Waals surface area contributed by atoms with Crippen LogP contribution >= 0.6 is 0 Å². The number of nitrogens with zero attached hydrogens (tertiary/aromatic N) is 1. The number of nitrogens with one attached hydrogen (secondary N) is 1. The molecule has 2 aromatic carbocycles.